The number of rotatable bonds is 14. The van der Waals surface area contributed by atoms with Crippen LogP contribution in [0.25, 0.3) is 0 Å². The van der Waals surface area contributed by atoms with Crippen molar-refractivity contribution < 1.29 is 33.8 Å². The van der Waals surface area contributed by atoms with Gasteiger partial charge in [-0.1, -0.05) is 56.3 Å². The van der Waals surface area contributed by atoms with E-state index in [-0.39, 0.29) is 49.8 Å². The summed E-state index contributed by atoms with van der Waals surface area (Å²) in [7, 11) is 0. The van der Waals surface area contributed by atoms with Gasteiger partial charge in [0.05, 0.1) is 37.1 Å². The van der Waals surface area contributed by atoms with Crippen LogP contribution in [0, 0.1) is 17.8 Å². The average Bonchev–Trinajstić information content (AvgIpc) is 3.64. The number of hydrogen-bond acceptors (Lipinski definition) is 7. The topological polar surface area (TPSA) is 125 Å². The van der Waals surface area contributed by atoms with E-state index in [1.165, 1.54) is 4.90 Å². The van der Waals surface area contributed by atoms with Crippen molar-refractivity contribution in [3.8, 4) is 0 Å². The summed E-state index contributed by atoms with van der Waals surface area (Å²) >= 11 is 0. The maximum Gasteiger partial charge on any atom is 0.313 e. The van der Waals surface area contributed by atoms with E-state index in [9.17, 15) is 24.3 Å². The second-order valence-corrected chi connectivity index (χ2v) is 13.7. The molecular weight excluding hydrogens is 574 g/mol. The predicted molar refractivity (Wildman–Crippen MR) is 170 cm³/mol. The molecule has 3 heterocycles. The summed E-state index contributed by atoms with van der Waals surface area (Å²) in [5, 5.41) is 13.3. The Labute approximate surface area is 266 Å². The second kappa shape index (κ2) is 13.9. The SMILES string of the molecule is C=CCCC(=O)NC[C@H](OC(=O)[C@@H]1[C@@H]2CC[C@]3(O2)[C@H](C(=O)N(CC=C)C(C)(C)C)N([C@@H](CO)C(C)C)C(=O)[C@@H]13)c1ccccc1. The third-order valence-corrected chi connectivity index (χ3v) is 9.44. The van der Waals surface area contributed by atoms with Gasteiger partial charge in [0.15, 0.2) is 0 Å². The van der Waals surface area contributed by atoms with Crippen LogP contribution in [0.5, 0.6) is 0 Å². The number of nitrogens with one attached hydrogen (secondary N) is 1. The van der Waals surface area contributed by atoms with Crippen molar-refractivity contribution >= 4 is 23.7 Å². The monoisotopic (exact) mass is 623 g/mol. The molecule has 1 spiro atoms. The lowest BCUT2D eigenvalue weighted by atomic mass is 9.70. The van der Waals surface area contributed by atoms with Crippen LogP contribution >= 0.6 is 0 Å². The summed E-state index contributed by atoms with van der Waals surface area (Å²) in [4.78, 5) is 58.7. The van der Waals surface area contributed by atoms with Gasteiger partial charge in [-0.2, -0.15) is 0 Å². The largest absolute Gasteiger partial charge is 0.455 e. The van der Waals surface area contributed by atoms with Crippen LogP contribution in [0.15, 0.2) is 55.6 Å². The number of nitrogens with zero attached hydrogens (tertiary/aromatic N) is 2. The van der Waals surface area contributed by atoms with Crippen molar-refractivity contribution in [3.63, 3.8) is 0 Å². The van der Waals surface area contributed by atoms with Gasteiger partial charge in [-0.3, -0.25) is 19.2 Å². The molecule has 3 amide bonds. The number of aliphatic hydroxyl groups is 1. The van der Waals surface area contributed by atoms with Gasteiger partial charge in [0.1, 0.15) is 17.7 Å². The molecule has 10 heteroatoms. The number of likely N-dealkylation sites (tertiary alicyclic amines) is 1. The molecule has 0 aromatic heterocycles. The molecular formula is C35H49N3O7. The first-order valence-corrected chi connectivity index (χ1v) is 16.0. The summed E-state index contributed by atoms with van der Waals surface area (Å²) in [5.74, 6) is -3.53. The smallest absolute Gasteiger partial charge is 0.313 e. The van der Waals surface area contributed by atoms with Gasteiger partial charge in [0.2, 0.25) is 17.7 Å². The first kappa shape index (κ1) is 34.4. The fourth-order valence-electron chi connectivity index (χ4n) is 7.23. The number of benzene rings is 1. The molecule has 3 aliphatic rings. The van der Waals surface area contributed by atoms with Gasteiger partial charge in [0, 0.05) is 18.5 Å². The molecule has 0 radical (unpaired) electrons. The van der Waals surface area contributed by atoms with Crippen LogP contribution in [0.3, 0.4) is 0 Å². The van der Waals surface area contributed by atoms with E-state index in [0.717, 1.165) is 0 Å². The summed E-state index contributed by atoms with van der Waals surface area (Å²) in [5.41, 5.74) is -1.13. The molecule has 3 saturated heterocycles. The summed E-state index contributed by atoms with van der Waals surface area (Å²) in [6, 6.07) is 7.46. The lowest BCUT2D eigenvalue weighted by Crippen LogP contribution is -2.62. The fourth-order valence-corrected chi connectivity index (χ4v) is 7.23. The van der Waals surface area contributed by atoms with Crippen LogP contribution in [0.2, 0.25) is 0 Å². The number of aliphatic hydroxyl groups excluding tert-OH is 1. The summed E-state index contributed by atoms with van der Waals surface area (Å²) < 4.78 is 12.7. The fraction of sp³-hybridized carbons (Fsp3) is 0.600. The zero-order valence-corrected chi connectivity index (χ0v) is 27.2. The lowest BCUT2D eigenvalue weighted by Gasteiger charge is -2.44. The first-order chi connectivity index (χ1) is 21.3. The number of carbonyl (C=O) groups is 4. The van der Waals surface area contributed by atoms with E-state index in [2.05, 4.69) is 18.5 Å². The second-order valence-electron chi connectivity index (χ2n) is 13.7. The van der Waals surface area contributed by atoms with Crippen molar-refractivity contribution in [2.75, 3.05) is 19.7 Å². The Hall–Kier alpha value is -3.50. The van der Waals surface area contributed by atoms with Crippen molar-refractivity contribution in [1.82, 2.24) is 15.1 Å². The number of hydrogen-bond donors (Lipinski definition) is 2. The van der Waals surface area contributed by atoms with Gasteiger partial charge < -0.3 is 29.7 Å². The Morgan fingerprint density at radius 2 is 1.89 bits per heavy atom. The maximum absolute atomic E-state index is 14.5. The summed E-state index contributed by atoms with van der Waals surface area (Å²) in [6.07, 6.45) is 3.62. The first-order valence-electron chi connectivity index (χ1n) is 16.0. The minimum Gasteiger partial charge on any atom is -0.455 e. The number of esters is 1. The molecule has 0 unspecified atom stereocenters. The molecule has 3 aliphatic heterocycles. The molecule has 1 aromatic rings. The van der Waals surface area contributed by atoms with E-state index in [4.69, 9.17) is 9.47 Å². The Kier molecular flexibility index (Phi) is 10.6. The number of carbonyl (C=O) groups excluding carboxylic acids is 4. The Morgan fingerprint density at radius 3 is 2.47 bits per heavy atom. The Bertz CT molecular complexity index is 1280. The van der Waals surface area contributed by atoms with Crippen molar-refractivity contribution in [2.45, 2.75) is 95.7 Å². The number of fused-ring (bicyclic) bond motifs is 1. The highest BCUT2D eigenvalue weighted by molar-refractivity contribution is 5.98. The minimum absolute atomic E-state index is 0.0585. The van der Waals surface area contributed by atoms with Crippen LogP contribution < -0.4 is 5.32 Å². The van der Waals surface area contributed by atoms with Gasteiger partial charge in [0.25, 0.3) is 0 Å². The van der Waals surface area contributed by atoms with Gasteiger partial charge in [-0.25, -0.2) is 0 Å². The molecule has 0 aliphatic carbocycles. The molecule has 1 aromatic carbocycles. The molecule has 246 valence electrons. The molecule has 10 nitrogen and oxygen atoms in total. The normalized spacial score (nSPS) is 26.7. The number of amides is 3. The molecule has 2 N–H and O–H groups in total. The van der Waals surface area contributed by atoms with E-state index < -0.39 is 53.2 Å². The highest BCUT2D eigenvalue weighted by Crippen LogP contribution is 2.59. The van der Waals surface area contributed by atoms with E-state index in [1.54, 1.807) is 17.1 Å². The Balaban J connectivity index is 1.69. The zero-order chi connectivity index (χ0) is 33.1. The van der Waals surface area contributed by atoms with E-state index >= 15 is 0 Å². The van der Waals surface area contributed by atoms with E-state index in [1.807, 2.05) is 65.0 Å². The van der Waals surface area contributed by atoms with Crippen LogP contribution in [-0.4, -0.2) is 87.6 Å². The quantitative estimate of drug-likeness (QED) is 0.240. The van der Waals surface area contributed by atoms with Gasteiger partial charge in [-0.05, 0) is 51.5 Å². The average molecular weight is 624 g/mol. The van der Waals surface area contributed by atoms with E-state index in [0.29, 0.717) is 24.8 Å². The summed E-state index contributed by atoms with van der Waals surface area (Å²) in [6.45, 7) is 17.0. The van der Waals surface area contributed by atoms with Crippen LogP contribution in [-0.2, 0) is 28.7 Å². The lowest BCUT2D eigenvalue weighted by molar-refractivity contribution is -0.161. The number of ether oxygens (including phenoxy) is 2. The van der Waals surface area contributed by atoms with Gasteiger partial charge in [-0.15, -0.1) is 13.2 Å². The third-order valence-electron chi connectivity index (χ3n) is 9.44. The molecule has 3 fully saturated rings. The van der Waals surface area contributed by atoms with Crippen molar-refractivity contribution in [1.29, 1.82) is 0 Å². The molecule has 4 rings (SSSR count). The standard InChI is InChI=1S/C35H49N3O7/c1-8-10-16-27(40)36-20-26(23-14-12-11-13-15-23)44-33(43)28-25-17-18-35(45-25)29(28)31(41)38(24(21-39)22(3)4)30(35)32(42)37(19-9-2)34(5,6)7/h8-9,11-15,22,24-26,28-30,39H,1-2,10,16-21H2,3-7H3,(H,36,40)/t24-,25-,26-,28+,29+,30-,35+/m0/s1. The zero-order valence-electron chi connectivity index (χ0n) is 27.2. The highest BCUT2D eigenvalue weighted by atomic mass is 16.6. The van der Waals surface area contributed by atoms with Gasteiger partial charge >= 0.3 is 5.97 Å². The van der Waals surface area contributed by atoms with Crippen LogP contribution in [0.1, 0.15) is 72.0 Å². The number of allylic oxidation sites excluding steroid dienone is 1. The third kappa shape index (κ3) is 6.58. The molecule has 2 bridgehead atoms. The predicted octanol–water partition coefficient (Wildman–Crippen LogP) is 3.56. The minimum atomic E-state index is -1.24. The molecule has 0 saturated carbocycles. The maximum atomic E-state index is 14.5. The van der Waals surface area contributed by atoms with Crippen molar-refractivity contribution in [2.24, 2.45) is 17.8 Å². The van der Waals surface area contributed by atoms with Crippen LogP contribution in [0.4, 0.5) is 0 Å². The molecule has 7 atom stereocenters. The van der Waals surface area contributed by atoms with Crippen molar-refractivity contribution in [3.05, 3.63) is 61.2 Å². The molecule has 45 heavy (non-hydrogen) atoms. The highest BCUT2D eigenvalue weighted by Gasteiger charge is 2.76. The Morgan fingerprint density at radius 1 is 1.20 bits per heavy atom.